The number of rotatable bonds is 5. The van der Waals surface area contributed by atoms with Crippen LogP contribution in [0.1, 0.15) is 33.6 Å². The number of pyridine rings is 1. The third-order valence-electron chi connectivity index (χ3n) is 7.97. The van der Waals surface area contributed by atoms with Gasteiger partial charge in [0.05, 0.1) is 16.6 Å². The highest BCUT2D eigenvalue weighted by molar-refractivity contribution is 5.99. The van der Waals surface area contributed by atoms with Crippen LogP contribution in [0.5, 0.6) is 11.8 Å². The van der Waals surface area contributed by atoms with Crippen LogP contribution in [-0.4, -0.2) is 94.0 Å². The Morgan fingerprint density at radius 2 is 1.81 bits per heavy atom. The van der Waals surface area contributed by atoms with Crippen LogP contribution in [0.15, 0.2) is 48.7 Å². The van der Waals surface area contributed by atoms with Crippen LogP contribution in [0, 0.1) is 0 Å². The van der Waals surface area contributed by atoms with Gasteiger partial charge in [0.2, 0.25) is 0 Å². The molecular formula is C32H38N6O4. The number of aromatic hydroxyl groups is 1. The summed E-state index contributed by atoms with van der Waals surface area (Å²) in [5, 5.41) is 13.2. The molecule has 10 nitrogen and oxygen atoms in total. The van der Waals surface area contributed by atoms with Crippen LogP contribution >= 0.6 is 0 Å². The summed E-state index contributed by atoms with van der Waals surface area (Å²) in [5.74, 6) is 0.917. The number of likely N-dealkylation sites (tertiary alicyclic amines) is 1. The summed E-state index contributed by atoms with van der Waals surface area (Å²) in [5.41, 5.74) is 1.70. The standard InChI is InChI=1S/C32H38N6O4/c1-32(2,3)42-31(40)38-14-12-37(13-15-38)29-26-19-33-27(25-17-23(39)16-21-8-5-6-10-24(21)25)18-28(26)34-30(35-29)41-20-22-9-7-11-36(22)4/h5-6,8,10,16-19,22,39H,7,9,11-15,20H2,1-4H3/t22-/m0/s1. The molecule has 0 spiro atoms. The molecule has 10 heteroatoms. The number of carbonyl (C=O) groups excluding carboxylic acids is 1. The van der Waals surface area contributed by atoms with Crippen molar-refractivity contribution < 1.29 is 19.4 Å². The third kappa shape index (κ3) is 5.90. The first-order chi connectivity index (χ1) is 20.1. The van der Waals surface area contributed by atoms with E-state index in [1.165, 1.54) is 0 Å². The number of fused-ring (bicyclic) bond motifs is 2. The van der Waals surface area contributed by atoms with Crippen LogP contribution in [0.4, 0.5) is 10.6 Å². The Bertz CT molecular complexity index is 1610. The molecule has 2 aliphatic rings. The zero-order valence-corrected chi connectivity index (χ0v) is 24.7. The van der Waals surface area contributed by atoms with E-state index in [1.54, 1.807) is 23.2 Å². The molecule has 6 rings (SSSR count). The summed E-state index contributed by atoms with van der Waals surface area (Å²) < 4.78 is 11.8. The van der Waals surface area contributed by atoms with Gasteiger partial charge in [-0.3, -0.25) is 4.98 Å². The molecule has 1 amide bonds. The fourth-order valence-corrected chi connectivity index (χ4v) is 5.74. The van der Waals surface area contributed by atoms with Gasteiger partial charge in [0, 0.05) is 44.0 Å². The number of aromatic nitrogens is 3. The molecule has 0 saturated carbocycles. The van der Waals surface area contributed by atoms with Gasteiger partial charge in [0.15, 0.2) is 0 Å². The molecule has 0 bridgehead atoms. The van der Waals surface area contributed by atoms with Gasteiger partial charge in [-0.15, -0.1) is 0 Å². The summed E-state index contributed by atoms with van der Waals surface area (Å²) >= 11 is 0. The molecular weight excluding hydrogens is 532 g/mol. The normalized spacial score (nSPS) is 18.1. The number of nitrogens with zero attached hydrogens (tertiary/aromatic N) is 6. The molecule has 42 heavy (non-hydrogen) atoms. The number of phenolic OH excluding ortho intramolecular Hbond substituents is 1. The van der Waals surface area contributed by atoms with Crippen molar-refractivity contribution in [2.24, 2.45) is 0 Å². The second-order valence-electron chi connectivity index (χ2n) is 12.2. The molecule has 4 heterocycles. The van der Waals surface area contributed by atoms with Crippen molar-refractivity contribution in [3.8, 4) is 23.0 Å². The number of anilines is 1. The first-order valence-electron chi connectivity index (χ1n) is 14.6. The van der Waals surface area contributed by atoms with Gasteiger partial charge in [-0.25, -0.2) is 4.79 Å². The molecule has 1 atom stereocenters. The molecule has 2 aromatic heterocycles. The topological polar surface area (TPSA) is 104 Å². The molecule has 0 unspecified atom stereocenters. The van der Waals surface area contributed by atoms with Crippen molar-refractivity contribution in [3.63, 3.8) is 0 Å². The molecule has 2 saturated heterocycles. The van der Waals surface area contributed by atoms with Gasteiger partial charge >= 0.3 is 12.1 Å². The van der Waals surface area contributed by atoms with Gasteiger partial charge in [-0.2, -0.15) is 9.97 Å². The molecule has 2 aromatic carbocycles. The summed E-state index contributed by atoms with van der Waals surface area (Å²) in [6, 6.07) is 14.0. The lowest BCUT2D eigenvalue weighted by atomic mass is 10.0. The zero-order valence-electron chi connectivity index (χ0n) is 24.7. The number of benzene rings is 2. The highest BCUT2D eigenvalue weighted by Crippen LogP contribution is 2.35. The molecule has 2 fully saturated rings. The highest BCUT2D eigenvalue weighted by atomic mass is 16.6. The number of piperazine rings is 1. The molecule has 220 valence electrons. The predicted octanol–water partition coefficient (Wildman–Crippen LogP) is 5.08. The Morgan fingerprint density at radius 3 is 2.55 bits per heavy atom. The lowest BCUT2D eigenvalue weighted by molar-refractivity contribution is 0.0240. The van der Waals surface area contributed by atoms with Gasteiger partial charge in [-0.05, 0) is 76.2 Å². The molecule has 0 aliphatic carbocycles. The quantitative estimate of drug-likeness (QED) is 0.352. The van der Waals surface area contributed by atoms with Gasteiger partial charge in [-0.1, -0.05) is 24.3 Å². The van der Waals surface area contributed by atoms with Crippen LogP contribution in [0.25, 0.3) is 32.9 Å². The number of likely N-dealkylation sites (N-methyl/N-ethyl adjacent to an activating group) is 1. The minimum atomic E-state index is -0.541. The molecule has 2 aliphatic heterocycles. The Kier molecular flexibility index (Phi) is 7.49. The van der Waals surface area contributed by atoms with Gasteiger partial charge in [0.25, 0.3) is 0 Å². The summed E-state index contributed by atoms with van der Waals surface area (Å²) in [6.45, 7) is 9.42. The van der Waals surface area contributed by atoms with E-state index in [0.29, 0.717) is 56.0 Å². The monoisotopic (exact) mass is 570 g/mol. The minimum Gasteiger partial charge on any atom is -0.508 e. The summed E-state index contributed by atoms with van der Waals surface area (Å²) in [7, 11) is 2.12. The minimum absolute atomic E-state index is 0.182. The largest absolute Gasteiger partial charge is 0.508 e. The van der Waals surface area contributed by atoms with Crippen molar-refractivity contribution in [2.45, 2.75) is 45.3 Å². The summed E-state index contributed by atoms with van der Waals surface area (Å²) in [4.78, 5) is 33.4. The Labute approximate surface area is 245 Å². The van der Waals surface area contributed by atoms with E-state index in [2.05, 4.69) is 16.8 Å². The second kappa shape index (κ2) is 11.2. The lowest BCUT2D eigenvalue weighted by Gasteiger charge is -2.36. The Hall–Kier alpha value is -4.18. The van der Waals surface area contributed by atoms with Crippen LogP contribution in [-0.2, 0) is 4.74 Å². The third-order valence-corrected chi connectivity index (χ3v) is 7.97. The SMILES string of the molecule is CN1CCC[C@H]1COc1nc(N2CCN(C(=O)OC(C)(C)C)CC2)c2cnc(-c3cc(O)cc4ccccc34)cc2n1. The number of phenols is 1. The number of hydrogen-bond acceptors (Lipinski definition) is 9. The van der Waals surface area contributed by atoms with Gasteiger partial charge in [0.1, 0.15) is 23.8 Å². The maximum absolute atomic E-state index is 12.7. The first kappa shape index (κ1) is 28.0. The van der Waals surface area contributed by atoms with E-state index < -0.39 is 5.60 Å². The first-order valence-corrected chi connectivity index (χ1v) is 14.6. The van der Waals surface area contributed by atoms with E-state index in [9.17, 15) is 9.90 Å². The molecule has 4 aromatic rings. The van der Waals surface area contributed by atoms with Gasteiger partial charge < -0.3 is 29.3 Å². The van der Waals surface area contributed by atoms with Crippen molar-refractivity contribution >= 4 is 33.6 Å². The average Bonchev–Trinajstić information content (AvgIpc) is 3.38. The van der Waals surface area contributed by atoms with Crippen molar-refractivity contribution in [1.29, 1.82) is 0 Å². The van der Waals surface area contributed by atoms with E-state index >= 15 is 0 Å². The molecule has 1 N–H and O–H groups in total. The maximum atomic E-state index is 12.7. The van der Waals surface area contributed by atoms with Crippen molar-refractivity contribution in [2.75, 3.05) is 51.3 Å². The number of carbonyl (C=O) groups is 1. The fourth-order valence-electron chi connectivity index (χ4n) is 5.74. The van der Waals surface area contributed by atoms with Crippen LogP contribution in [0.2, 0.25) is 0 Å². The summed E-state index contributed by atoms with van der Waals surface area (Å²) in [6.07, 6.45) is 3.74. The van der Waals surface area contributed by atoms with Crippen LogP contribution in [0.3, 0.4) is 0 Å². The van der Waals surface area contributed by atoms with E-state index in [0.717, 1.165) is 46.9 Å². The Balaban J connectivity index is 1.34. The molecule has 0 radical (unpaired) electrons. The zero-order chi connectivity index (χ0) is 29.4. The number of hydrogen-bond donors (Lipinski definition) is 1. The van der Waals surface area contributed by atoms with Crippen molar-refractivity contribution in [1.82, 2.24) is 24.8 Å². The average molecular weight is 571 g/mol. The number of amides is 1. The van der Waals surface area contributed by atoms with Crippen LogP contribution < -0.4 is 9.64 Å². The highest BCUT2D eigenvalue weighted by Gasteiger charge is 2.28. The number of ether oxygens (including phenoxy) is 2. The second-order valence-corrected chi connectivity index (χ2v) is 12.2. The van der Waals surface area contributed by atoms with E-state index in [4.69, 9.17) is 24.4 Å². The van der Waals surface area contributed by atoms with Crippen molar-refractivity contribution in [3.05, 3.63) is 48.7 Å². The van der Waals surface area contributed by atoms with E-state index in [1.807, 2.05) is 51.1 Å². The fraction of sp³-hybridized carbons (Fsp3) is 0.438. The van der Waals surface area contributed by atoms with E-state index in [-0.39, 0.29) is 11.8 Å². The predicted molar refractivity (Wildman–Crippen MR) is 163 cm³/mol. The lowest BCUT2D eigenvalue weighted by Crippen LogP contribution is -2.50. The Morgan fingerprint density at radius 1 is 1.02 bits per heavy atom. The smallest absolute Gasteiger partial charge is 0.410 e. The maximum Gasteiger partial charge on any atom is 0.410 e.